The van der Waals surface area contributed by atoms with Gasteiger partial charge in [0.15, 0.2) is 0 Å². The van der Waals surface area contributed by atoms with Crippen LogP contribution in [0.1, 0.15) is 43.5 Å². The molecule has 38 heavy (non-hydrogen) atoms. The predicted octanol–water partition coefficient (Wildman–Crippen LogP) is 0.985. The average Bonchev–Trinajstić information content (AvgIpc) is 3.11. The molecule has 0 spiro atoms. The monoisotopic (exact) mass is 536 g/mol. The van der Waals surface area contributed by atoms with Crippen molar-refractivity contribution in [3.05, 3.63) is 62.4 Å². The highest BCUT2D eigenvalue weighted by Crippen LogP contribution is 2.37. The Morgan fingerprint density at radius 2 is 1.68 bits per heavy atom. The van der Waals surface area contributed by atoms with E-state index in [9.17, 15) is 14.0 Å². The molecule has 0 amide bonds. The van der Waals surface area contributed by atoms with Gasteiger partial charge in [0.1, 0.15) is 18.2 Å². The minimum absolute atomic E-state index is 0.124. The van der Waals surface area contributed by atoms with E-state index in [1.54, 1.807) is 19.2 Å². The fraction of sp³-hybridized carbons (Fsp3) is 0.560. The lowest BCUT2D eigenvalue weighted by Crippen LogP contribution is -2.47. The van der Waals surface area contributed by atoms with Gasteiger partial charge in [0, 0.05) is 44.9 Å². The topological polar surface area (TPSA) is 153 Å². The largest absolute Gasteiger partial charge is 0.473 e. The van der Waals surface area contributed by atoms with Crippen molar-refractivity contribution in [2.24, 2.45) is 7.05 Å². The number of piperidine rings is 1. The Morgan fingerprint density at radius 3 is 2.26 bits per heavy atom. The van der Waals surface area contributed by atoms with Crippen LogP contribution in [0, 0.1) is 5.82 Å². The lowest BCUT2D eigenvalue weighted by Gasteiger charge is -2.38. The first-order chi connectivity index (χ1) is 18.1. The van der Waals surface area contributed by atoms with Gasteiger partial charge in [0.25, 0.3) is 0 Å². The number of nitrogens with zero attached hydrogens (tertiary/aromatic N) is 4. The number of carbonyl (C=O) groups is 2. The van der Waals surface area contributed by atoms with Crippen LogP contribution in [-0.4, -0.2) is 73.0 Å². The standard InChI is InChI=1S/C23H31FN4O4.C2H2O4/c1-26-21(15-31-2)25-22(29)28(23(26)30)11-5-10-27-17-8-9-18(27)13-19(12-17)32-14-16-6-3-4-7-20(16)24;3-1(4)2(5)6/h3-4,6-7,17-19H,5,8-15H2,1-2H3;(H,3,4)(H,5,6). The second-order valence-corrected chi connectivity index (χ2v) is 9.32. The first-order valence-corrected chi connectivity index (χ1v) is 12.3. The van der Waals surface area contributed by atoms with Crippen LogP contribution in [0.5, 0.6) is 0 Å². The quantitative estimate of drug-likeness (QED) is 0.444. The first kappa shape index (κ1) is 29.1. The van der Waals surface area contributed by atoms with Gasteiger partial charge >= 0.3 is 23.3 Å². The fourth-order valence-corrected chi connectivity index (χ4v) is 5.03. The Morgan fingerprint density at radius 1 is 1.05 bits per heavy atom. The highest BCUT2D eigenvalue weighted by Gasteiger charge is 2.40. The molecule has 2 atom stereocenters. The van der Waals surface area contributed by atoms with Gasteiger partial charge in [-0.25, -0.2) is 28.1 Å². The number of ether oxygens (including phenoxy) is 2. The molecule has 208 valence electrons. The minimum atomic E-state index is -1.82. The van der Waals surface area contributed by atoms with Crippen molar-refractivity contribution in [2.45, 2.75) is 70.1 Å². The van der Waals surface area contributed by atoms with Gasteiger partial charge in [0.05, 0.1) is 12.7 Å². The third kappa shape index (κ3) is 7.33. The summed E-state index contributed by atoms with van der Waals surface area (Å²) in [5.74, 6) is -3.54. The molecular formula is C25H33FN4O8. The van der Waals surface area contributed by atoms with Crippen molar-refractivity contribution in [3.63, 3.8) is 0 Å². The Hall–Kier alpha value is -3.42. The van der Waals surface area contributed by atoms with Crippen LogP contribution in [0.3, 0.4) is 0 Å². The van der Waals surface area contributed by atoms with Crippen molar-refractivity contribution in [1.82, 2.24) is 19.0 Å². The van der Waals surface area contributed by atoms with E-state index in [4.69, 9.17) is 29.3 Å². The summed E-state index contributed by atoms with van der Waals surface area (Å²) in [6, 6.07) is 7.60. The van der Waals surface area contributed by atoms with Crippen molar-refractivity contribution in [1.29, 1.82) is 0 Å². The second-order valence-electron chi connectivity index (χ2n) is 9.32. The number of benzene rings is 1. The average molecular weight is 537 g/mol. The number of carboxylic acids is 2. The summed E-state index contributed by atoms with van der Waals surface area (Å²) in [6.45, 7) is 1.59. The van der Waals surface area contributed by atoms with Crippen molar-refractivity contribution >= 4 is 11.9 Å². The van der Waals surface area contributed by atoms with Gasteiger partial charge in [-0.3, -0.25) is 9.47 Å². The van der Waals surface area contributed by atoms with Crippen LogP contribution in [0.15, 0.2) is 33.9 Å². The fourth-order valence-electron chi connectivity index (χ4n) is 5.03. The molecule has 2 bridgehead atoms. The molecule has 2 N–H and O–H groups in total. The number of hydrogen-bond acceptors (Lipinski definition) is 8. The molecule has 0 saturated carbocycles. The van der Waals surface area contributed by atoms with Gasteiger partial charge in [-0.1, -0.05) is 18.2 Å². The SMILES string of the molecule is COCc1nc(=O)n(CCCN2C3CCC2CC(OCc2ccccc2F)C3)c(=O)n1C.O=C(O)C(=O)O. The smallest absolute Gasteiger partial charge is 0.414 e. The third-order valence-corrected chi connectivity index (χ3v) is 6.89. The summed E-state index contributed by atoms with van der Waals surface area (Å²) in [5.41, 5.74) is -0.289. The maximum absolute atomic E-state index is 13.8. The minimum Gasteiger partial charge on any atom is -0.473 e. The lowest BCUT2D eigenvalue weighted by molar-refractivity contribution is -0.159. The second kappa shape index (κ2) is 13.4. The van der Waals surface area contributed by atoms with E-state index in [0.29, 0.717) is 43.0 Å². The zero-order valence-corrected chi connectivity index (χ0v) is 21.4. The number of halogens is 1. The molecule has 1 aromatic heterocycles. The highest BCUT2D eigenvalue weighted by atomic mass is 19.1. The van der Waals surface area contributed by atoms with Gasteiger partial charge in [-0.2, -0.15) is 4.98 Å². The number of fused-ring (bicyclic) bond motifs is 2. The number of rotatable bonds is 9. The number of aromatic nitrogens is 3. The van der Waals surface area contributed by atoms with Gasteiger partial charge in [-0.05, 0) is 38.2 Å². The van der Waals surface area contributed by atoms with Gasteiger partial charge < -0.3 is 19.7 Å². The van der Waals surface area contributed by atoms with Gasteiger partial charge in [-0.15, -0.1) is 0 Å². The summed E-state index contributed by atoms with van der Waals surface area (Å²) in [6.07, 6.45) is 4.95. The number of hydrogen-bond donors (Lipinski definition) is 2. The summed E-state index contributed by atoms with van der Waals surface area (Å²) in [7, 11) is 3.10. The van der Waals surface area contributed by atoms with Crippen molar-refractivity contribution in [2.75, 3.05) is 13.7 Å². The van der Waals surface area contributed by atoms with E-state index in [0.717, 1.165) is 32.2 Å². The number of aliphatic carboxylic acids is 2. The molecule has 2 aliphatic heterocycles. The molecule has 2 unspecified atom stereocenters. The van der Waals surface area contributed by atoms with E-state index in [2.05, 4.69) is 9.88 Å². The summed E-state index contributed by atoms with van der Waals surface area (Å²) in [5, 5.41) is 14.8. The molecular weight excluding hydrogens is 503 g/mol. The molecule has 4 rings (SSSR count). The molecule has 0 radical (unpaired) electrons. The Labute approximate surface area is 218 Å². The predicted molar refractivity (Wildman–Crippen MR) is 132 cm³/mol. The molecule has 3 heterocycles. The molecule has 2 aromatic rings. The molecule has 0 aliphatic carbocycles. The Kier molecular flexibility index (Phi) is 10.3. The van der Waals surface area contributed by atoms with Crippen LogP contribution in [0.25, 0.3) is 0 Å². The molecule has 1 aromatic carbocycles. The molecule has 12 nitrogen and oxygen atoms in total. The molecule has 2 saturated heterocycles. The van der Waals surface area contributed by atoms with Crippen LogP contribution in [0.4, 0.5) is 4.39 Å². The van der Waals surface area contributed by atoms with E-state index in [1.807, 2.05) is 6.07 Å². The van der Waals surface area contributed by atoms with Crippen LogP contribution < -0.4 is 11.4 Å². The van der Waals surface area contributed by atoms with Crippen LogP contribution in [-0.2, 0) is 45.9 Å². The van der Waals surface area contributed by atoms with Crippen molar-refractivity contribution < 1.29 is 33.7 Å². The Bertz CT molecular complexity index is 1220. The normalized spacial score (nSPS) is 20.6. The molecule has 13 heteroatoms. The van der Waals surface area contributed by atoms with E-state index >= 15 is 0 Å². The van der Waals surface area contributed by atoms with Crippen LogP contribution in [0.2, 0.25) is 0 Å². The van der Waals surface area contributed by atoms with E-state index in [-0.39, 0.29) is 24.2 Å². The van der Waals surface area contributed by atoms with Crippen molar-refractivity contribution in [3.8, 4) is 0 Å². The third-order valence-electron chi connectivity index (χ3n) is 6.89. The number of carboxylic acid groups (broad SMARTS) is 2. The first-order valence-electron chi connectivity index (χ1n) is 12.3. The maximum Gasteiger partial charge on any atom is 0.414 e. The van der Waals surface area contributed by atoms with Gasteiger partial charge in [0.2, 0.25) is 0 Å². The zero-order valence-electron chi connectivity index (χ0n) is 21.4. The highest BCUT2D eigenvalue weighted by molar-refractivity contribution is 6.27. The molecule has 2 aliphatic rings. The maximum atomic E-state index is 13.8. The summed E-state index contributed by atoms with van der Waals surface area (Å²) < 4.78 is 27.5. The summed E-state index contributed by atoms with van der Waals surface area (Å²) >= 11 is 0. The van der Waals surface area contributed by atoms with Crippen LogP contribution >= 0.6 is 0 Å². The number of methoxy groups -OCH3 is 1. The van der Waals surface area contributed by atoms with E-state index in [1.165, 1.54) is 22.3 Å². The molecule has 2 fully saturated rings. The van der Waals surface area contributed by atoms with E-state index < -0.39 is 17.6 Å². The summed E-state index contributed by atoms with van der Waals surface area (Å²) in [4.78, 5) is 49.5. The lowest BCUT2D eigenvalue weighted by atomic mass is 9.99. The Balaban J connectivity index is 0.000000599. The zero-order chi connectivity index (χ0) is 27.8.